The number of halogens is 1. The molecule has 0 atom stereocenters. The summed E-state index contributed by atoms with van der Waals surface area (Å²) in [7, 11) is -3.61. The van der Waals surface area contributed by atoms with Crippen molar-refractivity contribution in [3.05, 3.63) is 28.8 Å². The van der Waals surface area contributed by atoms with Gasteiger partial charge in [0.1, 0.15) is 9.88 Å². The molecule has 0 heterocycles. The molecule has 0 saturated heterocycles. The van der Waals surface area contributed by atoms with E-state index in [1.165, 1.54) is 12.1 Å². The Morgan fingerprint density at radius 3 is 2.29 bits per heavy atom. The third-order valence-electron chi connectivity index (χ3n) is 4.06. The van der Waals surface area contributed by atoms with Gasteiger partial charge in [0.05, 0.1) is 5.02 Å². The highest BCUT2D eigenvalue weighted by Gasteiger charge is 2.43. The second kappa shape index (κ2) is 5.50. The minimum absolute atomic E-state index is 0.0568. The number of nitrogens with one attached hydrogen (secondary N) is 1. The van der Waals surface area contributed by atoms with Crippen LogP contribution in [0.4, 0.5) is 0 Å². The maximum atomic E-state index is 12.5. The Bertz CT molecular complexity index is 670. The Morgan fingerprint density at radius 1 is 1.29 bits per heavy atom. The lowest BCUT2D eigenvalue weighted by Crippen LogP contribution is -2.38. The van der Waals surface area contributed by atoms with Gasteiger partial charge in [-0.25, -0.2) is 13.1 Å². The molecule has 2 aliphatic carbocycles. The van der Waals surface area contributed by atoms with Gasteiger partial charge in [0.15, 0.2) is 0 Å². The number of hydrogen-bond donors (Lipinski definition) is 2. The SMILES string of the molecule is NC(=S)c1ccc(S(=O)(=O)NC(C2CC2)C2CC2)c(Cl)c1. The normalized spacial score (nSPS) is 19.0. The summed E-state index contributed by atoms with van der Waals surface area (Å²) in [6.07, 6.45) is 4.44. The van der Waals surface area contributed by atoms with E-state index in [1.54, 1.807) is 6.07 Å². The number of hydrogen-bond acceptors (Lipinski definition) is 3. The molecular weight excluding hydrogens is 328 g/mol. The topological polar surface area (TPSA) is 72.2 Å². The van der Waals surface area contributed by atoms with Crippen LogP contribution < -0.4 is 10.5 Å². The number of nitrogens with two attached hydrogens (primary N) is 1. The quantitative estimate of drug-likeness (QED) is 0.777. The lowest BCUT2D eigenvalue weighted by Gasteiger charge is -2.18. The van der Waals surface area contributed by atoms with Crippen molar-refractivity contribution in [1.82, 2.24) is 4.72 Å². The fourth-order valence-corrected chi connectivity index (χ4v) is 4.65. The molecule has 2 fully saturated rings. The van der Waals surface area contributed by atoms with Gasteiger partial charge in [-0.1, -0.05) is 29.9 Å². The summed E-state index contributed by atoms with van der Waals surface area (Å²) in [6.45, 7) is 0. The monoisotopic (exact) mass is 344 g/mol. The van der Waals surface area contributed by atoms with Crippen LogP contribution >= 0.6 is 23.8 Å². The van der Waals surface area contributed by atoms with Gasteiger partial charge in [-0.2, -0.15) is 0 Å². The van der Waals surface area contributed by atoms with Crippen LogP contribution in [0.1, 0.15) is 31.2 Å². The van der Waals surface area contributed by atoms with Gasteiger partial charge < -0.3 is 5.73 Å². The van der Waals surface area contributed by atoms with Gasteiger partial charge in [-0.05, 0) is 49.7 Å². The molecule has 0 radical (unpaired) electrons. The van der Waals surface area contributed by atoms with Crippen molar-refractivity contribution in [1.29, 1.82) is 0 Å². The maximum absolute atomic E-state index is 12.5. The number of benzene rings is 1. The van der Waals surface area contributed by atoms with Gasteiger partial charge in [0.25, 0.3) is 0 Å². The first-order valence-corrected chi connectivity index (χ1v) is 9.27. The van der Waals surface area contributed by atoms with E-state index in [9.17, 15) is 8.42 Å². The van der Waals surface area contributed by atoms with Crippen LogP contribution in [0, 0.1) is 11.8 Å². The average Bonchev–Trinajstić information content (AvgIpc) is 3.27. The van der Waals surface area contributed by atoms with E-state index in [0.717, 1.165) is 25.7 Å². The highest BCUT2D eigenvalue weighted by molar-refractivity contribution is 7.89. The molecule has 21 heavy (non-hydrogen) atoms. The van der Waals surface area contributed by atoms with Crippen molar-refractivity contribution in [2.45, 2.75) is 36.6 Å². The molecule has 3 N–H and O–H groups in total. The molecule has 0 amide bonds. The predicted octanol–water partition coefficient (Wildman–Crippen LogP) is 2.44. The summed E-state index contributed by atoms with van der Waals surface area (Å²) in [5.74, 6) is 0.976. The highest BCUT2D eigenvalue weighted by atomic mass is 35.5. The van der Waals surface area contributed by atoms with Gasteiger partial charge in [0.2, 0.25) is 10.0 Å². The lowest BCUT2D eigenvalue weighted by atomic mass is 10.1. The Kier molecular flexibility index (Phi) is 3.98. The molecule has 0 aromatic heterocycles. The Labute approximate surface area is 135 Å². The van der Waals surface area contributed by atoms with E-state index in [2.05, 4.69) is 4.72 Å². The molecule has 0 unspecified atom stereocenters. The summed E-state index contributed by atoms with van der Waals surface area (Å²) >= 11 is 11.0. The summed E-state index contributed by atoms with van der Waals surface area (Å²) < 4.78 is 27.9. The van der Waals surface area contributed by atoms with Gasteiger partial charge in [0, 0.05) is 11.6 Å². The second-order valence-electron chi connectivity index (χ2n) is 5.83. The predicted molar refractivity (Wildman–Crippen MR) is 86.9 cm³/mol. The fraction of sp³-hybridized carbons (Fsp3) is 0.500. The third-order valence-corrected chi connectivity index (χ3v) is 6.23. The third kappa shape index (κ3) is 3.39. The molecule has 3 rings (SSSR count). The van der Waals surface area contributed by atoms with Crippen molar-refractivity contribution in [3.8, 4) is 0 Å². The number of sulfonamides is 1. The zero-order chi connectivity index (χ0) is 15.2. The summed E-state index contributed by atoms with van der Waals surface area (Å²) in [5.41, 5.74) is 6.09. The van der Waals surface area contributed by atoms with Gasteiger partial charge in [-0.3, -0.25) is 0 Å². The van der Waals surface area contributed by atoms with E-state index in [4.69, 9.17) is 29.6 Å². The van der Waals surface area contributed by atoms with Crippen molar-refractivity contribution in [2.75, 3.05) is 0 Å². The Hall–Kier alpha value is -0.690. The molecule has 7 heteroatoms. The number of rotatable bonds is 6. The van der Waals surface area contributed by atoms with Crippen LogP contribution in [0.5, 0.6) is 0 Å². The highest BCUT2D eigenvalue weighted by Crippen LogP contribution is 2.45. The van der Waals surface area contributed by atoms with Gasteiger partial charge >= 0.3 is 0 Å². The van der Waals surface area contributed by atoms with Crippen LogP contribution in [0.3, 0.4) is 0 Å². The van der Waals surface area contributed by atoms with Crippen molar-refractivity contribution in [3.63, 3.8) is 0 Å². The molecule has 114 valence electrons. The van der Waals surface area contributed by atoms with E-state index < -0.39 is 10.0 Å². The maximum Gasteiger partial charge on any atom is 0.242 e. The first-order chi connectivity index (χ1) is 9.88. The number of thiocarbonyl (C=S) groups is 1. The van der Waals surface area contributed by atoms with Crippen LogP contribution in [0.2, 0.25) is 5.02 Å². The minimum Gasteiger partial charge on any atom is -0.389 e. The zero-order valence-corrected chi connectivity index (χ0v) is 13.8. The van der Waals surface area contributed by atoms with E-state index in [-0.39, 0.29) is 20.9 Å². The van der Waals surface area contributed by atoms with Crippen LogP contribution in [-0.4, -0.2) is 19.4 Å². The second-order valence-corrected chi connectivity index (χ2v) is 8.36. The van der Waals surface area contributed by atoms with Crippen LogP contribution in [-0.2, 0) is 10.0 Å². The van der Waals surface area contributed by atoms with Crippen LogP contribution in [0.15, 0.2) is 23.1 Å². The molecule has 4 nitrogen and oxygen atoms in total. The molecule has 0 spiro atoms. The molecule has 1 aromatic rings. The lowest BCUT2D eigenvalue weighted by molar-refractivity contribution is 0.471. The molecule has 0 aliphatic heterocycles. The fourth-order valence-electron chi connectivity index (χ4n) is 2.60. The largest absolute Gasteiger partial charge is 0.389 e. The molecule has 1 aromatic carbocycles. The van der Waals surface area contributed by atoms with E-state index >= 15 is 0 Å². The van der Waals surface area contributed by atoms with Crippen molar-refractivity contribution >= 4 is 38.8 Å². The summed E-state index contributed by atoms with van der Waals surface area (Å²) in [5, 5.41) is 0.151. The zero-order valence-electron chi connectivity index (χ0n) is 11.4. The van der Waals surface area contributed by atoms with E-state index in [0.29, 0.717) is 17.4 Å². The molecular formula is C14H17ClN2O2S2. The summed E-state index contributed by atoms with van der Waals surface area (Å²) in [4.78, 5) is 0.290. The van der Waals surface area contributed by atoms with Gasteiger partial charge in [-0.15, -0.1) is 0 Å². The van der Waals surface area contributed by atoms with E-state index in [1.807, 2.05) is 0 Å². The Morgan fingerprint density at radius 2 is 1.86 bits per heavy atom. The van der Waals surface area contributed by atoms with Crippen molar-refractivity contribution < 1.29 is 8.42 Å². The molecule has 2 saturated carbocycles. The standard InChI is InChI=1S/C14H17ClN2O2S2/c15-11-7-10(14(16)20)5-6-12(11)21(18,19)17-13(8-1-2-8)9-3-4-9/h5-9,13,17H,1-4H2,(H2,16,20). The Balaban J connectivity index is 1.85. The first-order valence-electron chi connectivity index (χ1n) is 7.00. The molecule has 2 aliphatic rings. The van der Waals surface area contributed by atoms with Crippen molar-refractivity contribution in [2.24, 2.45) is 17.6 Å². The molecule has 0 bridgehead atoms. The smallest absolute Gasteiger partial charge is 0.242 e. The minimum atomic E-state index is -3.61. The van der Waals surface area contributed by atoms with Crippen LogP contribution in [0.25, 0.3) is 0 Å². The average molecular weight is 345 g/mol. The first kappa shape index (κ1) is 15.2. The summed E-state index contributed by atoms with van der Waals surface area (Å²) in [6, 6.07) is 4.62.